The summed E-state index contributed by atoms with van der Waals surface area (Å²) in [6.07, 6.45) is 90.2. The van der Waals surface area contributed by atoms with Crippen LogP contribution in [0.2, 0.25) is 0 Å². The average molecular weight is 1100 g/mol. The molecule has 79 heavy (non-hydrogen) atoms. The minimum Gasteiger partial charge on any atom is -0.462 e. The van der Waals surface area contributed by atoms with Gasteiger partial charge in [0.2, 0.25) is 0 Å². The fourth-order valence-corrected chi connectivity index (χ4v) is 9.60. The second-order valence-electron chi connectivity index (χ2n) is 22.3. The summed E-state index contributed by atoms with van der Waals surface area (Å²) in [4.78, 5) is 38.2. The maximum atomic E-state index is 12.9. The largest absolute Gasteiger partial charge is 0.462 e. The topological polar surface area (TPSA) is 78.9 Å². The van der Waals surface area contributed by atoms with Gasteiger partial charge in [-0.25, -0.2) is 0 Å². The van der Waals surface area contributed by atoms with Gasteiger partial charge in [-0.2, -0.15) is 0 Å². The molecule has 6 nitrogen and oxygen atoms in total. The van der Waals surface area contributed by atoms with Gasteiger partial charge in [0, 0.05) is 19.3 Å². The number of allylic oxidation sites excluding steroid dienone is 16. The molecule has 0 amide bonds. The highest BCUT2D eigenvalue weighted by Gasteiger charge is 2.19. The summed E-state index contributed by atoms with van der Waals surface area (Å²) < 4.78 is 16.9. The van der Waals surface area contributed by atoms with Crippen molar-refractivity contribution in [3.8, 4) is 0 Å². The van der Waals surface area contributed by atoms with Gasteiger partial charge in [0.15, 0.2) is 6.10 Å². The normalized spacial score (nSPS) is 12.7. The molecule has 0 saturated heterocycles. The smallest absolute Gasteiger partial charge is 0.306 e. The van der Waals surface area contributed by atoms with Gasteiger partial charge in [-0.1, -0.05) is 311 Å². The molecule has 0 aliphatic rings. The van der Waals surface area contributed by atoms with Crippen LogP contribution in [0.5, 0.6) is 0 Å². The summed E-state index contributed by atoms with van der Waals surface area (Å²) in [7, 11) is 0. The van der Waals surface area contributed by atoms with Crippen molar-refractivity contribution in [3.63, 3.8) is 0 Å². The van der Waals surface area contributed by atoms with Crippen LogP contribution < -0.4 is 0 Å². The van der Waals surface area contributed by atoms with E-state index in [9.17, 15) is 14.4 Å². The van der Waals surface area contributed by atoms with Gasteiger partial charge < -0.3 is 14.2 Å². The first-order chi connectivity index (χ1) is 39.0. The van der Waals surface area contributed by atoms with Gasteiger partial charge in [-0.15, -0.1) is 0 Å². The van der Waals surface area contributed by atoms with Gasteiger partial charge in [-0.3, -0.25) is 14.4 Å². The fourth-order valence-electron chi connectivity index (χ4n) is 9.60. The summed E-state index contributed by atoms with van der Waals surface area (Å²) in [5.74, 6) is -0.875. The predicted octanol–water partition coefficient (Wildman–Crippen LogP) is 23.2. The van der Waals surface area contributed by atoms with E-state index in [-0.39, 0.29) is 31.1 Å². The third-order valence-electron chi connectivity index (χ3n) is 14.6. The maximum Gasteiger partial charge on any atom is 0.306 e. The number of unbranched alkanes of at least 4 members (excludes halogenated alkanes) is 34. The van der Waals surface area contributed by atoms with Gasteiger partial charge in [-0.05, 0) is 96.3 Å². The van der Waals surface area contributed by atoms with Crippen LogP contribution in [0.15, 0.2) is 97.2 Å². The Kier molecular flexibility index (Phi) is 63.7. The molecule has 0 aromatic heterocycles. The van der Waals surface area contributed by atoms with Crippen molar-refractivity contribution in [2.75, 3.05) is 13.2 Å². The Morgan fingerprint density at radius 3 is 0.772 bits per heavy atom. The third-order valence-corrected chi connectivity index (χ3v) is 14.6. The summed E-state index contributed by atoms with van der Waals surface area (Å²) in [5, 5.41) is 0. The molecule has 0 spiro atoms. The van der Waals surface area contributed by atoms with Gasteiger partial charge in [0.05, 0.1) is 0 Å². The lowest BCUT2D eigenvalue weighted by Crippen LogP contribution is -2.30. The van der Waals surface area contributed by atoms with Crippen LogP contribution in [0.1, 0.15) is 329 Å². The molecule has 0 bridgehead atoms. The van der Waals surface area contributed by atoms with E-state index in [0.29, 0.717) is 19.3 Å². The lowest BCUT2D eigenvalue weighted by Gasteiger charge is -2.18. The molecule has 0 rings (SSSR count). The van der Waals surface area contributed by atoms with E-state index >= 15 is 0 Å². The Balaban J connectivity index is 4.05. The van der Waals surface area contributed by atoms with Crippen molar-refractivity contribution < 1.29 is 28.6 Å². The van der Waals surface area contributed by atoms with Gasteiger partial charge in [0.1, 0.15) is 13.2 Å². The van der Waals surface area contributed by atoms with E-state index in [1.54, 1.807) is 0 Å². The summed E-state index contributed by atoms with van der Waals surface area (Å²) in [6.45, 7) is 6.42. The number of esters is 3. The Hall–Kier alpha value is -3.67. The van der Waals surface area contributed by atoms with Crippen molar-refractivity contribution in [2.45, 2.75) is 335 Å². The second kappa shape index (κ2) is 66.8. The summed E-state index contributed by atoms with van der Waals surface area (Å²) >= 11 is 0. The Morgan fingerprint density at radius 2 is 0.494 bits per heavy atom. The summed E-state index contributed by atoms with van der Waals surface area (Å²) in [6, 6.07) is 0. The first kappa shape index (κ1) is 75.3. The predicted molar refractivity (Wildman–Crippen MR) is 344 cm³/mol. The highest BCUT2D eigenvalue weighted by molar-refractivity contribution is 5.71. The number of rotatable bonds is 61. The van der Waals surface area contributed by atoms with Crippen LogP contribution in [0, 0.1) is 0 Å². The van der Waals surface area contributed by atoms with Crippen molar-refractivity contribution in [1.82, 2.24) is 0 Å². The number of hydrogen-bond acceptors (Lipinski definition) is 6. The Labute approximate surface area is 489 Å². The average Bonchev–Trinajstić information content (AvgIpc) is 3.45. The molecule has 6 heteroatoms. The standard InChI is InChI=1S/C73H126O6/c1-4-7-10-13-16-19-21-23-25-27-28-29-30-31-32-33-34-35-36-37-38-39-40-41-42-43-44-46-47-49-51-54-57-60-63-66-72(75)78-69-70(68-77-71(74)65-62-59-56-53-18-15-12-9-6-3)79-73(76)67-64-61-58-55-52-50-48-45-26-24-22-20-17-14-11-8-5-2/h7-8,10-11,16-17,19-20,23-26,28-29,31-32,70H,4-6,9,12-15,18,21-22,27,30,33-69H2,1-3H3/b10-7-,11-8-,19-16-,20-17-,25-23-,26-24-,29-28-,32-31-. The molecule has 0 aromatic rings. The second-order valence-corrected chi connectivity index (χ2v) is 22.3. The van der Waals surface area contributed by atoms with Crippen LogP contribution in [0.25, 0.3) is 0 Å². The fraction of sp³-hybridized carbons (Fsp3) is 0.740. The van der Waals surface area contributed by atoms with Crippen molar-refractivity contribution in [2.24, 2.45) is 0 Å². The quantitative estimate of drug-likeness (QED) is 0.0261. The summed E-state index contributed by atoms with van der Waals surface area (Å²) in [5.41, 5.74) is 0. The monoisotopic (exact) mass is 1100 g/mol. The number of ether oxygens (including phenoxy) is 3. The first-order valence-electron chi connectivity index (χ1n) is 33.7. The molecule has 1 unspecified atom stereocenters. The minimum atomic E-state index is -0.779. The van der Waals surface area contributed by atoms with Crippen LogP contribution in [0.4, 0.5) is 0 Å². The Bertz CT molecular complexity index is 1540. The van der Waals surface area contributed by atoms with Crippen molar-refractivity contribution >= 4 is 17.9 Å². The number of hydrogen-bond donors (Lipinski definition) is 0. The van der Waals surface area contributed by atoms with Crippen LogP contribution in [0.3, 0.4) is 0 Å². The Morgan fingerprint density at radius 1 is 0.266 bits per heavy atom. The molecule has 1 atom stereocenters. The zero-order chi connectivity index (χ0) is 57.1. The SMILES string of the molecule is CC/C=C\C/C=C\C/C=C\C/C=C\C/C=C\CCCCCCCCCCCCCCCCCCCCCC(=O)OCC(COC(=O)CCCCCCCCCCC)OC(=O)CCCCCCCCC/C=C\C/C=C\C/C=C\CC. The minimum absolute atomic E-state index is 0.0766. The molecule has 0 radical (unpaired) electrons. The number of carbonyl (C=O) groups is 3. The highest BCUT2D eigenvalue weighted by Crippen LogP contribution is 2.17. The molecule has 0 fully saturated rings. The zero-order valence-electron chi connectivity index (χ0n) is 52.1. The van der Waals surface area contributed by atoms with Gasteiger partial charge >= 0.3 is 17.9 Å². The molecule has 0 aliphatic carbocycles. The van der Waals surface area contributed by atoms with E-state index in [1.807, 2.05) is 0 Å². The van der Waals surface area contributed by atoms with Crippen LogP contribution >= 0.6 is 0 Å². The van der Waals surface area contributed by atoms with E-state index < -0.39 is 6.10 Å². The third kappa shape index (κ3) is 65.0. The van der Waals surface area contributed by atoms with E-state index in [0.717, 1.165) is 116 Å². The zero-order valence-corrected chi connectivity index (χ0v) is 52.1. The van der Waals surface area contributed by atoms with Crippen molar-refractivity contribution in [1.29, 1.82) is 0 Å². The number of carbonyl (C=O) groups excluding carboxylic acids is 3. The molecule has 0 heterocycles. The van der Waals surface area contributed by atoms with Crippen LogP contribution in [-0.4, -0.2) is 37.2 Å². The molecular formula is C73H126O6. The van der Waals surface area contributed by atoms with E-state index in [4.69, 9.17) is 14.2 Å². The van der Waals surface area contributed by atoms with E-state index in [1.165, 1.54) is 173 Å². The van der Waals surface area contributed by atoms with E-state index in [2.05, 4.69) is 118 Å². The molecule has 0 aliphatic heterocycles. The maximum absolute atomic E-state index is 12.9. The molecule has 454 valence electrons. The molecular weight excluding hydrogens is 973 g/mol. The molecule has 0 N–H and O–H groups in total. The van der Waals surface area contributed by atoms with Crippen molar-refractivity contribution in [3.05, 3.63) is 97.2 Å². The molecule has 0 saturated carbocycles. The molecule has 0 aromatic carbocycles. The lowest BCUT2D eigenvalue weighted by molar-refractivity contribution is -0.167. The van der Waals surface area contributed by atoms with Crippen LogP contribution in [-0.2, 0) is 28.6 Å². The van der Waals surface area contributed by atoms with Gasteiger partial charge in [0.25, 0.3) is 0 Å². The highest BCUT2D eigenvalue weighted by atomic mass is 16.6. The lowest BCUT2D eigenvalue weighted by atomic mass is 10.0. The first-order valence-corrected chi connectivity index (χ1v) is 33.7.